The first-order valence-electron chi connectivity index (χ1n) is 7.80. The van der Waals surface area contributed by atoms with E-state index in [-0.39, 0.29) is 28.4 Å². The van der Waals surface area contributed by atoms with E-state index in [9.17, 15) is 4.79 Å². The smallest absolute Gasteiger partial charge is 0.337 e. The molecule has 128 valence electrons. The molecular formula is C17H31NO4. The number of hydrogen-bond acceptors (Lipinski definition) is 5. The molecule has 1 heterocycles. The summed E-state index contributed by atoms with van der Waals surface area (Å²) < 4.78 is 5.54. The molecule has 0 aliphatic carbocycles. The fourth-order valence-corrected chi connectivity index (χ4v) is 3.07. The second kappa shape index (κ2) is 6.20. The van der Waals surface area contributed by atoms with Gasteiger partial charge in [-0.25, -0.2) is 4.79 Å². The van der Waals surface area contributed by atoms with E-state index in [1.807, 2.05) is 25.8 Å². The van der Waals surface area contributed by atoms with E-state index in [1.165, 1.54) is 6.92 Å². The summed E-state index contributed by atoms with van der Waals surface area (Å²) >= 11 is 0. The highest BCUT2D eigenvalue weighted by atomic mass is 16.7. The van der Waals surface area contributed by atoms with Gasteiger partial charge in [-0.05, 0) is 55.4 Å². The van der Waals surface area contributed by atoms with Gasteiger partial charge >= 0.3 is 5.97 Å². The number of nitrogens with zero attached hydrogens (tertiary/aromatic N) is 1. The fourth-order valence-electron chi connectivity index (χ4n) is 3.07. The van der Waals surface area contributed by atoms with Crippen molar-refractivity contribution in [3.05, 3.63) is 11.8 Å². The minimum atomic E-state index is -0.468. The van der Waals surface area contributed by atoms with Gasteiger partial charge < -0.3 is 9.84 Å². The Kier molecular flexibility index (Phi) is 5.35. The summed E-state index contributed by atoms with van der Waals surface area (Å²) in [7, 11) is 0. The van der Waals surface area contributed by atoms with Crippen LogP contribution in [0.15, 0.2) is 11.8 Å². The summed E-state index contributed by atoms with van der Waals surface area (Å²) in [5.41, 5.74) is -0.606. The molecule has 0 aromatic heterocycles. The predicted molar refractivity (Wildman–Crippen MR) is 86.3 cm³/mol. The normalized spacial score (nSPS) is 23.4. The second-order valence-electron chi connectivity index (χ2n) is 8.37. The van der Waals surface area contributed by atoms with Gasteiger partial charge in [0.15, 0.2) is 0 Å². The summed E-state index contributed by atoms with van der Waals surface area (Å²) in [6, 6.07) is 0. The van der Waals surface area contributed by atoms with Gasteiger partial charge in [0.25, 0.3) is 0 Å². The maximum absolute atomic E-state index is 11.9. The van der Waals surface area contributed by atoms with Gasteiger partial charge in [-0.3, -0.25) is 4.84 Å². The third kappa shape index (κ3) is 4.71. The number of rotatable bonds is 3. The highest BCUT2D eigenvalue weighted by Crippen LogP contribution is 2.41. The van der Waals surface area contributed by atoms with Gasteiger partial charge in [0.05, 0.1) is 17.4 Å². The first kappa shape index (κ1) is 19.0. The van der Waals surface area contributed by atoms with Crippen LogP contribution in [0.1, 0.15) is 68.2 Å². The standard InChI is InChI=1S/C17H31NO4/c1-12(11-19)14(20)21-13-9-16(5,6)18(17(7,8)10-13)22-15(2,3)4/h11,13,19H,9-10H2,1-8H3. The zero-order chi connectivity index (χ0) is 17.3. The number of ether oxygens (including phenoxy) is 1. The third-order valence-corrected chi connectivity index (χ3v) is 3.71. The van der Waals surface area contributed by atoms with Crippen LogP contribution in [-0.2, 0) is 14.4 Å². The molecule has 22 heavy (non-hydrogen) atoms. The monoisotopic (exact) mass is 313 g/mol. The SMILES string of the molecule is CC(=CO)C(=O)OC1CC(C)(C)N(OC(C)(C)C)C(C)(C)C1. The van der Waals surface area contributed by atoms with Crippen LogP contribution >= 0.6 is 0 Å². The quantitative estimate of drug-likeness (QED) is 0.488. The predicted octanol–water partition coefficient (Wildman–Crippen LogP) is 3.74. The molecule has 0 radical (unpaired) electrons. The molecule has 5 heteroatoms. The lowest BCUT2D eigenvalue weighted by molar-refractivity contribution is -0.333. The number of carbonyl (C=O) groups is 1. The minimum absolute atomic E-state index is 0.202. The van der Waals surface area contributed by atoms with Gasteiger partial charge in [-0.1, -0.05) is 0 Å². The average molecular weight is 313 g/mol. The van der Waals surface area contributed by atoms with Gasteiger partial charge in [0, 0.05) is 23.9 Å². The molecule has 0 spiro atoms. The average Bonchev–Trinajstić information content (AvgIpc) is 2.30. The second-order valence-corrected chi connectivity index (χ2v) is 8.37. The van der Waals surface area contributed by atoms with E-state index in [0.717, 1.165) is 6.26 Å². The van der Waals surface area contributed by atoms with Gasteiger partial charge in [0.2, 0.25) is 0 Å². The van der Waals surface area contributed by atoms with Crippen LogP contribution in [0.4, 0.5) is 0 Å². The Morgan fingerprint density at radius 2 is 1.64 bits per heavy atom. The Balaban J connectivity index is 2.92. The van der Waals surface area contributed by atoms with Crippen LogP contribution in [0.3, 0.4) is 0 Å². The largest absolute Gasteiger partial charge is 0.515 e. The van der Waals surface area contributed by atoms with Gasteiger partial charge in [-0.2, -0.15) is 5.06 Å². The van der Waals surface area contributed by atoms with Crippen molar-refractivity contribution >= 4 is 5.97 Å². The molecule has 0 saturated carbocycles. The van der Waals surface area contributed by atoms with Crippen LogP contribution in [-0.4, -0.2) is 38.9 Å². The van der Waals surface area contributed by atoms with Crippen LogP contribution in [0, 0.1) is 0 Å². The molecule has 0 unspecified atom stereocenters. The Morgan fingerprint density at radius 1 is 1.18 bits per heavy atom. The molecule has 1 N–H and O–H groups in total. The van der Waals surface area contributed by atoms with E-state index < -0.39 is 5.97 Å². The zero-order valence-electron chi connectivity index (χ0n) is 15.2. The van der Waals surface area contributed by atoms with E-state index >= 15 is 0 Å². The molecule has 1 aliphatic rings. The number of piperidine rings is 1. The summed E-state index contributed by atoms with van der Waals surface area (Å²) in [4.78, 5) is 18.1. The van der Waals surface area contributed by atoms with E-state index in [2.05, 4.69) is 27.7 Å². The molecule has 0 bridgehead atoms. The highest BCUT2D eigenvalue weighted by molar-refractivity contribution is 5.87. The maximum Gasteiger partial charge on any atom is 0.337 e. The van der Waals surface area contributed by atoms with Crippen LogP contribution in [0.2, 0.25) is 0 Å². The molecule has 0 amide bonds. The Bertz CT molecular complexity index is 428. The van der Waals surface area contributed by atoms with Crippen molar-refractivity contribution in [1.82, 2.24) is 5.06 Å². The lowest BCUT2D eigenvalue weighted by Crippen LogP contribution is -2.63. The molecule has 1 fully saturated rings. The molecule has 1 aliphatic heterocycles. The lowest BCUT2D eigenvalue weighted by Gasteiger charge is -2.55. The molecular weight excluding hydrogens is 282 g/mol. The lowest BCUT2D eigenvalue weighted by atomic mass is 9.80. The minimum Gasteiger partial charge on any atom is -0.515 e. The summed E-state index contributed by atoms with van der Waals surface area (Å²) in [6.07, 6.45) is 1.94. The van der Waals surface area contributed by atoms with E-state index in [1.54, 1.807) is 0 Å². The van der Waals surface area contributed by atoms with Gasteiger partial charge in [0.1, 0.15) is 6.10 Å². The number of hydroxylamine groups is 2. The number of hydrogen-bond donors (Lipinski definition) is 1. The number of aliphatic hydroxyl groups excluding tert-OH is 1. The maximum atomic E-state index is 11.9. The first-order valence-corrected chi connectivity index (χ1v) is 7.80. The topological polar surface area (TPSA) is 59.0 Å². The van der Waals surface area contributed by atoms with Crippen molar-refractivity contribution < 1.29 is 19.5 Å². The van der Waals surface area contributed by atoms with Crippen LogP contribution in [0.25, 0.3) is 0 Å². The van der Waals surface area contributed by atoms with E-state index in [4.69, 9.17) is 14.7 Å². The molecule has 1 rings (SSSR count). The fraction of sp³-hybridized carbons (Fsp3) is 0.824. The third-order valence-electron chi connectivity index (χ3n) is 3.71. The number of esters is 1. The van der Waals surface area contributed by atoms with Crippen molar-refractivity contribution in [2.24, 2.45) is 0 Å². The Morgan fingerprint density at radius 3 is 2.00 bits per heavy atom. The van der Waals surface area contributed by atoms with Crippen molar-refractivity contribution in [3.63, 3.8) is 0 Å². The Labute approximate surface area is 134 Å². The van der Waals surface area contributed by atoms with Crippen LogP contribution in [0.5, 0.6) is 0 Å². The van der Waals surface area contributed by atoms with Gasteiger partial charge in [-0.15, -0.1) is 0 Å². The van der Waals surface area contributed by atoms with E-state index in [0.29, 0.717) is 12.8 Å². The summed E-state index contributed by atoms with van der Waals surface area (Å²) in [6.45, 7) is 16.0. The molecule has 0 aromatic rings. The van der Waals surface area contributed by atoms with Crippen molar-refractivity contribution in [2.45, 2.75) is 91.0 Å². The zero-order valence-corrected chi connectivity index (χ0v) is 15.2. The van der Waals surface area contributed by atoms with Crippen molar-refractivity contribution in [3.8, 4) is 0 Å². The molecule has 1 saturated heterocycles. The first-order chi connectivity index (χ1) is 9.78. The number of carbonyl (C=O) groups excluding carboxylic acids is 1. The molecule has 5 nitrogen and oxygen atoms in total. The molecule has 0 aromatic carbocycles. The summed E-state index contributed by atoms with van der Waals surface area (Å²) in [5.74, 6) is -0.468. The Hall–Kier alpha value is -1.07. The molecule has 0 atom stereocenters. The van der Waals surface area contributed by atoms with Crippen molar-refractivity contribution in [1.29, 1.82) is 0 Å². The number of aliphatic hydroxyl groups is 1. The summed E-state index contributed by atoms with van der Waals surface area (Å²) in [5, 5.41) is 11.0. The van der Waals surface area contributed by atoms with Crippen molar-refractivity contribution in [2.75, 3.05) is 0 Å². The van der Waals surface area contributed by atoms with Crippen LogP contribution < -0.4 is 0 Å². The highest BCUT2D eigenvalue weighted by Gasteiger charge is 2.49.